The molecular formula is C23H28ClNO4. The van der Waals surface area contributed by atoms with E-state index < -0.39 is 11.7 Å². The lowest BCUT2D eigenvalue weighted by atomic mass is 9.95. The summed E-state index contributed by atoms with van der Waals surface area (Å²) in [7, 11) is 1.76. The second kappa shape index (κ2) is 10.2. The Balaban J connectivity index is 1.79. The molecule has 0 saturated carbocycles. The summed E-state index contributed by atoms with van der Waals surface area (Å²) in [6, 6.07) is 19.4. The number of alkyl halides is 1. The molecule has 0 radical (unpaired) electrons. The summed E-state index contributed by atoms with van der Waals surface area (Å²) in [5.41, 5.74) is 1.40. The minimum Gasteiger partial charge on any atom is -0.369 e. The predicted molar refractivity (Wildman–Crippen MR) is 112 cm³/mol. The van der Waals surface area contributed by atoms with Crippen molar-refractivity contribution in [3.63, 3.8) is 0 Å². The number of rotatable bonds is 7. The van der Waals surface area contributed by atoms with Crippen LogP contribution in [0.4, 0.5) is 0 Å². The lowest BCUT2D eigenvalue weighted by Crippen LogP contribution is -2.63. The monoisotopic (exact) mass is 417 g/mol. The van der Waals surface area contributed by atoms with E-state index in [1.54, 1.807) is 11.9 Å². The van der Waals surface area contributed by atoms with Crippen molar-refractivity contribution in [2.75, 3.05) is 7.05 Å². The van der Waals surface area contributed by atoms with Gasteiger partial charge in [0.05, 0.1) is 25.4 Å². The molecule has 0 spiro atoms. The van der Waals surface area contributed by atoms with Crippen LogP contribution in [0.5, 0.6) is 0 Å². The van der Waals surface area contributed by atoms with E-state index in [4.69, 9.17) is 25.8 Å². The Bertz CT molecular complexity index is 717. The zero-order valence-corrected chi connectivity index (χ0v) is 17.8. The summed E-state index contributed by atoms with van der Waals surface area (Å²) in [5, 5.41) is 0. The van der Waals surface area contributed by atoms with Gasteiger partial charge >= 0.3 is 0 Å². The molecule has 6 heteroatoms. The summed E-state index contributed by atoms with van der Waals surface area (Å²) in [5.74, 6) is -0.0745. The van der Waals surface area contributed by atoms with Gasteiger partial charge < -0.3 is 19.1 Å². The molecule has 1 saturated heterocycles. The van der Waals surface area contributed by atoms with E-state index in [2.05, 4.69) is 0 Å². The van der Waals surface area contributed by atoms with Gasteiger partial charge in [-0.3, -0.25) is 4.79 Å². The third kappa shape index (κ3) is 5.58. The summed E-state index contributed by atoms with van der Waals surface area (Å²) < 4.78 is 18.3. The average Bonchev–Trinajstić information content (AvgIpc) is 2.72. The Morgan fingerprint density at radius 3 is 1.93 bits per heavy atom. The number of carbonyl (C=O) groups is 1. The predicted octanol–water partition coefficient (Wildman–Crippen LogP) is 3.99. The highest BCUT2D eigenvalue weighted by Gasteiger charge is 2.47. The highest BCUT2D eigenvalue weighted by atomic mass is 35.5. The minimum absolute atomic E-state index is 0.0745. The number of likely N-dealkylation sites (N-methyl/N-ethyl adjacent to an activating group) is 1. The van der Waals surface area contributed by atoms with Gasteiger partial charge in [-0.1, -0.05) is 72.3 Å². The van der Waals surface area contributed by atoms with Gasteiger partial charge in [0.2, 0.25) is 5.91 Å². The largest absolute Gasteiger partial charge is 0.369 e. The Morgan fingerprint density at radius 1 is 0.966 bits per heavy atom. The van der Waals surface area contributed by atoms with Crippen molar-refractivity contribution < 1.29 is 19.0 Å². The van der Waals surface area contributed by atoms with Gasteiger partial charge in [-0.15, -0.1) is 0 Å². The van der Waals surface area contributed by atoms with Gasteiger partial charge in [0.25, 0.3) is 0 Å². The Kier molecular flexibility index (Phi) is 7.67. The molecule has 29 heavy (non-hydrogen) atoms. The van der Waals surface area contributed by atoms with Gasteiger partial charge in [0, 0.05) is 14.0 Å². The Hall–Kier alpha value is -1.92. The van der Waals surface area contributed by atoms with Crippen LogP contribution in [-0.2, 0) is 32.2 Å². The molecule has 1 amide bonds. The molecule has 2 aromatic rings. The molecule has 0 bridgehead atoms. The fourth-order valence-corrected chi connectivity index (χ4v) is 3.96. The maximum atomic E-state index is 12.2. The summed E-state index contributed by atoms with van der Waals surface area (Å²) in [6.07, 6.45) is -1.19. The van der Waals surface area contributed by atoms with Crippen LogP contribution in [0.1, 0.15) is 25.0 Å². The van der Waals surface area contributed by atoms with Crippen LogP contribution in [0.25, 0.3) is 0 Å². The zero-order chi connectivity index (χ0) is 20.8. The van der Waals surface area contributed by atoms with E-state index in [0.29, 0.717) is 13.2 Å². The molecule has 0 unspecified atom stereocenters. The number of halogens is 1. The van der Waals surface area contributed by atoms with Crippen molar-refractivity contribution in [3.8, 4) is 0 Å². The van der Waals surface area contributed by atoms with Gasteiger partial charge in [0.1, 0.15) is 12.2 Å². The summed E-state index contributed by atoms with van der Waals surface area (Å²) in [6.45, 7) is 4.24. The van der Waals surface area contributed by atoms with Crippen LogP contribution >= 0.6 is 11.6 Å². The molecule has 0 aromatic heterocycles. The molecule has 1 fully saturated rings. The van der Waals surface area contributed by atoms with Crippen LogP contribution in [-0.4, -0.2) is 47.8 Å². The van der Waals surface area contributed by atoms with E-state index in [9.17, 15) is 4.79 Å². The Morgan fingerprint density at radius 2 is 1.45 bits per heavy atom. The number of hydrogen-bond donors (Lipinski definition) is 0. The third-order valence-corrected chi connectivity index (χ3v) is 5.60. The Labute approximate surface area is 177 Å². The first-order chi connectivity index (χ1) is 14.0. The molecule has 2 aromatic carbocycles. The van der Waals surface area contributed by atoms with Crippen LogP contribution < -0.4 is 0 Å². The lowest BCUT2D eigenvalue weighted by molar-refractivity contribution is -0.210. The summed E-state index contributed by atoms with van der Waals surface area (Å²) in [4.78, 5) is 13.9. The van der Waals surface area contributed by atoms with Crippen LogP contribution in [0, 0.1) is 0 Å². The second-order valence-corrected chi connectivity index (χ2v) is 7.77. The van der Waals surface area contributed by atoms with Crippen LogP contribution in [0.2, 0.25) is 0 Å². The second-order valence-electron chi connectivity index (χ2n) is 7.34. The molecule has 5 atom stereocenters. The molecule has 0 N–H and O–H groups in total. The topological polar surface area (TPSA) is 48.0 Å². The smallest absolute Gasteiger partial charge is 0.219 e. The third-order valence-electron chi connectivity index (χ3n) is 5.25. The molecule has 1 aliphatic rings. The number of carbonyl (C=O) groups excluding carboxylic acids is 1. The van der Waals surface area contributed by atoms with E-state index in [1.165, 1.54) is 6.92 Å². The fourth-order valence-electron chi connectivity index (χ4n) is 3.57. The average molecular weight is 418 g/mol. The quantitative estimate of drug-likeness (QED) is 0.639. The lowest BCUT2D eigenvalue weighted by Gasteiger charge is -2.47. The zero-order valence-electron chi connectivity index (χ0n) is 17.0. The van der Waals surface area contributed by atoms with Gasteiger partial charge in [-0.25, -0.2) is 0 Å². The number of hydrogen-bond acceptors (Lipinski definition) is 4. The number of ether oxygens (including phenoxy) is 3. The van der Waals surface area contributed by atoms with Crippen molar-refractivity contribution in [2.45, 2.75) is 57.0 Å². The molecule has 1 aliphatic heterocycles. The SMILES string of the molecule is CC(=O)N(C)[C@H]1[C@@H](OCc2ccccc2)[C@@H](C)O[C@H](Cl)[C@@H]1OCc1ccccc1. The molecule has 156 valence electrons. The van der Waals surface area contributed by atoms with Crippen molar-refractivity contribution in [2.24, 2.45) is 0 Å². The first-order valence-electron chi connectivity index (χ1n) is 9.81. The molecule has 0 aliphatic carbocycles. The maximum absolute atomic E-state index is 12.2. The van der Waals surface area contributed by atoms with E-state index in [0.717, 1.165) is 11.1 Å². The highest BCUT2D eigenvalue weighted by molar-refractivity contribution is 6.20. The standard InChI is InChI=1S/C23H28ClNO4/c1-16-21(27-14-18-10-6-4-7-11-18)20(25(3)17(2)26)22(23(24)29-16)28-15-19-12-8-5-9-13-19/h4-13,16,20-23H,14-15H2,1-3H3/t16-,20+,21+,22-,23+/m1/s1. The van der Waals surface area contributed by atoms with Gasteiger partial charge in [-0.05, 0) is 18.1 Å². The number of amides is 1. The van der Waals surface area contributed by atoms with Crippen molar-refractivity contribution in [1.82, 2.24) is 4.90 Å². The molecule has 3 rings (SSSR count). The minimum atomic E-state index is -0.683. The molecule has 1 heterocycles. The molecule has 5 nitrogen and oxygen atoms in total. The number of benzene rings is 2. The normalized spacial score (nSPS) is 26.8. The maximum Gasteiger partial charge on any atom is 0.219 e. The fraction of sp³-hybridized carbons (Fsp3) is 0.435. The van der Waals surface area contributed by atoms with E-state index >= 15 is 0 Å². The van der Waals surface area contributed by atoms with Crippen LogP contribution in [0.15, 0.2) is 60.7 Å². The van der Waals surface area contributed by atoms with Gasteiger partial charge in [0.15, 0.2) is 5.56 Å². The van der Waals surface area contributed by atoms with Crippen molar-refractivity contribution in [1.29, 1.82) is 0 Å². The van der Waals surface area contributed by atoms with Crippen molar-refractivity contribution in [3.05, 3.63) is 71.8 Å². The molecular weight excluding hydrogens is 390 g/mol. The van der Waals surface area contributed by atoms with Gasteiger partial charge in [-0.2, -0.15) is 0 Å². The van der Waals surface area contributed by atoms with Crippen LogP contribution in [0.3, 0.4) is 0 Å². The van der Waals surface area contributed by atoms with Crippen molar-refractivity contribution >= 4 is 17.5 Å². The highest BCUT2D eigenvalue weighted by Crippen LogP contribution is 2.32. The van der Waals surface area contributed by atoms with E-state index in [-0.39, 0.29) is 24.2 Å². The number of nitrogens with zero attached hydrogens (tertiary/aromatic N) is 1. The van der Waals surface area contributed by atoms with E-state index in [1.807, 2.05) is 67.6 Å². The first kappa shape index (κ1) is 21.8. The summed E-state index contributed by atoms with van der Waals surface area (Å²) >= 11 is 6.53. The first-order valence-corrected chi connectivity index (χ1v) is 10.2.